The highest BCUT2D eigenvalue weighted by molar-refractivity contribution is 5.40. The predicted molar refractivity (Wildman–Crippen MR) is 118 cm³/mol. The number of hydrogen-bond acceptors (Lipinski definition) is 7. The minimum Gasteiger partial charge on any atom is -0.381 e. The SMILES string of the molecule is CC(n1ncn(-c2ccc(-n3ccnn3)cc2)c1=O)C(O)(Cn1cncn1)c1ccc(F)cc1F. The maximum Gasteiger partial charge on any atom is 0.350 e. The molecule has 11 nitrogen and oxygen atoms in total. The maximum atomic E-state index is 14.8. The Labute approximate surface area is 196 Å². The first kappa shape index (κ1) is 22.3. The van der Waals surface area contributed by atoms with E-state index in [9.17, 15) is 18.7 Å². The maximum absolute atomic E-state index is 14.8. The van der Waals surface area contributed by atoms with Crippen molar-refractivity contribution in [3.63, 3.8) is 0 Å². The fourth-order valence-corrected chi connectivity index (χ4v) is 3.92. The molecule has 0 radical (unpaired) electrons. The first-order valence-electron chi connectivity index (χ1n) is 10.5. The molecule has 3 heterocycles. The van der Waals surface area contributed by atoms with Gasteiger partial charge in [-0.1, -0.05) is 11.3 Å². The van der Waals surface area contributed by atoms with Gasteiger partial charge in [-0.25, -0.2) is 37.2 Å². The van der Waals surface area contributed by atoms with Crippen molar-refractivity contribution in [2.24, 2.45) is 0 Å². The zero-order valence-corrected chi connectivity index (χ0v) is 18.3. The molecule has 35 heavy (non-hydrogen) atoms. The van der Waals surface area contributed by atoms with Gasteiger partial charge in [-0.3, -0.25) is 0 Å². The Morgan fingerprint density at radius 2 is 1.83 bits per heavy atom. The van der Waals surface area contributed by atoms with E-state index in [1.54, 1.807) is 41.3 Å². The fourth-order valence-electron chi connectivity index (χ4n) is 3.92. The molecule has 2 unspecified atom stereocenters. The van der Waals surface area contributed by atoms with Gasteiger partial charge in [0.15, 0.2) is 0 Å². The second kappa shape index (κ2) is 8.68. The van der Waals surface area contributed by atoms with E-state index in [1.807, 2.05) is 0 Å². The van der Waals surface area contributed by atoms with Crippen molar-refractivity contribution in [1.29, 1.82) is 0 Å². The van der Waals surface area contributed by atoms with Crippen molar-refractivity contribution in [3.05, 3.63) is 102 Å². The van der Waals surface area contributed by atoms with Gasteiger partial charge in [0.2, 0.25) is 0 Å². The van der Waals surface area contributed by atoms with E-state index in [0.717, 1.165) is 22.5 Å². The summed E-state index contributed by atoms with van der Waals surface area (Å²) < 4.78 is 33.6. The number of aliphatic hydroxyl groups is 1. The zero-order chi connectivity index (χ0) is 24.6. The van der Waals surface area contributed by atoms with Crippen molar-refractivity contribution in [2.45, 2.75) is 25.1 Å². The molecule has 0 aliphatic rings. The van der Waals surface area contributed by atoms with Crippen LogP contribution in [0.4, 0.5) is 8.78 Å². The minimum absolute atomic E-state index is 0.208. The van der Waals surface area contributed by atoms with Crippen LogP contribution in [0.2, 0.25) is 0 Å². The Bertz CT molecular complexity index is 1490. The summed E-state index contributed by atoms with van der Waals surface area (Å²) >= 11 is 0. The van der Waals surface area contributed by atoms with Crippen LogP contribution in [0.5, 0.6) is 0 Å². The molecule has 0 spiro atoms. The summed E-state index contributed by atoms with van der Waals surface area (Å²) in [6.45, 7) is 1.26. The van der Waals surface area contributed by atoms with Crippen LogP contribution in [0, 0.1) is 11.6 Å². The summed E-state index contributed by atoms with van der Waals surface area (Å²) in [7, 11) is 0. The largest absolute Gasteiger partial charge is 0.381 e. The van der Waals surface area contributed by atoms with Gasteiger partial charge < -0.3 is 5.11 Å². The lowest BCUT2D eigenvalue weighted by Crippen LogP contribution is -2.44. The van der Waals surface area contributed by atoms with Crippen molar-refractivity contribution < 1.29 is 13.9 Å². The molecule has 5 rings (SSSR count). The van der Waals surface area contributed by atoms with E-state index in [-0.39, 0.29) is 12.1 Å². The van der Waals surface area contributed by atoms with Crippen LogP contribution in [0.3, 0.4) is 0 Å². The highest BCUT2D eigenvalue weighted by Crippen LogP contribution is 2.35. The summed E-state index contributed by atoms with van der Waals surface area (Å²) in [5, 5.41) is 27.6. The van der Waals surface area contributed by atoms with Crippen molar-refractivity contribution >= 4 is 0 Å². The van der Waals surface area contributed by atoms with Gasteiger partial charge >= 0.3 is 5.69 Å². The number of halogens is 2. The lowest BCUT2D eigenvalue weighted by atomic mass is 9.86. The first-order valence-corrected chi connectivity index (χ1v) is 10.5. The average Bonchev–Trinajstić information content (AvgIpc) is 3.61. The molecule has 0 amide bonds. The van der Waals surface area contributed by atoms with Crippen LogP contribution in [-0.4, -0.2) is 49.2 Å². The molecule has 1 N–H and O–H groups in total. The Morgan fingerprint density at radius 1 is 1.06 bits per heavy atom. The lowest BCUT2D eigenvalue weighted by molar-refractivity contribution is -0.0381. The molecule has 13 heteroatoms. The molecule has 0 aliphatic heterocycles. The molecule has 0 saturated heterocycles. The molecule has 5 aromatic rings. The Balaban J connectivity index is 1.53. The Morgan fingerprint density at radius 3 is 2.49 bits per heavy atom. The number of nitrogens with zero attached hydrogens (tertiary/aromatic N) is 9. The monoisotopic (exact) mass is 479 g/mol. The molecule has 0 saturated carbocycles. The van der Waals surface area contributed by atoms with Crippen LogP contribution in [0.1, 0.15) is 18.5 Å². The highest BCUT2D eigenvalue weighted by atomic mass is 19.1. The smallest absolute Gasteiger partial charge is 0.350 e. The number of aromatic nitrogens is 9. The van der Waals surface area contributed by atoms with E-state index in [1.165, 1.54) is 35.2 Å². The summed E-state index contributed by atoms with van der Waals surface area (Å²) in [4.78, 5) is 17.1. The highest BCUT2D eigenvalue weighted by Gasteiger charge is 2.41. The summed E-state index contributed by atoms with van der Waals surface area (Å²) in [5.41, 5.74) is -1.53. The van der Waals surface area contributed by atoms with Gasteiger partial charge in [0, 0.05) is 11.6 Å². The van der Waals surface area contributed by atoms with Crippen molar-refractivity contribution in [1.82, 2.24) is 44.1 Å². The van der Waals surface area contributed by atoms with Gasteiger partial charge in [0.05, 0.1) is 36.4 Å². The molecule has 0 fully saturated rings. The third kappa shape index (κ3) is 4.01. The summed E-state index contributed by atoms with van der Waals surface area (Å²) in [6.07, 6.45) is 7.15. The Kier molecular flexibility index (Phi) is 5.53. The molecule has 0 bridgehead atoms. The van der Waals surface area contributed by atoms with E-state index < -0.39 is 29.0 Å². The summed E-state index contributed by atoms with van der Waals surface area (Å²) in [6, 6.07) is 8.70. The second-order valence-corrected chi connectivity index (χ2v) is 7.91. The van der Waals surface area contributed by atoms with Crippen LogP contribution >= 0.6 is 0 Å². The number of rotatable bonds is 7. The zero-order valence-electron chi connectivity index (χ0n) is 18.3. The molecular weight excluding hydrogens is 460 g/mol. The molecule has 3 aromatic heterocycles. The molecule has 2 aromatic carbocycles. The fraction of sp³-hybridized carbons (Fsp3) is 0.182. The van der Waals surface area contributed by atoms with Crippen LogP contribution in [0.15, 0.2) is 78.6 Å². The Hall–Kier alpha value is -4.52. The van der Waals surface area contributed by atoms with Gasteiger partial charge in [-0.2, -0.15) is 10.2 Å². The molecule has 2 atom stereocenters. The predicted octanol–water partition coefficient (Wildman–Crippen LogP) is 1.63. The lowest BCUT2D eigenvalue weighted by Gasteiger charge is -2.34. The third-order valence-electron chi connectivity index (χ3n) is 5.83. The van der Waals surface area contributed by atoms with E-state index in [0.29, 0.717) is 11.8 Å². The molecular formula is C22H19F2N9O2. The van der Waals surface area contributed by atoms with Crippen molar-refractivity contribution in [3.8, 4) is 11.4 Å². The molecule has 0 aliphatic carbocycles. The van der Waals surface area contributed by atoms with Gasteiger partial charge in [0.25, 0.3) is 0 Å². The number of benzene rings is 2. The third-order valence-corrected chi connectivity index (χ3v) is 5.83. The molecule has 178 valence electrons. The van der Waals surface area contributed by atoms with Crippen LogP contribution in [-0.2, 0) is 12.1 Å². The van der Waals surface area contributed by atoms with E-state index >= 15 is 0 Å². The topological polar surface area (TPSA) is 121 Å². The number of hydrogen-bond donors (Lipinski definition) is 1. The van der Waals surface area contributed by atoms with Crippen LogP contribution in [0.25, 0.3) is 11.4 Å². The van der Waals surface area contributed by atoms with E-state index in [2.05, 4.69) is 25.5 Å². The quantitative estimate of drug-likeness (QED) is 0.377. The average molecular weight is 479 g/mol. The van der Waals surface area contributed by atoms with Gasteiger partial charge in [0.1, 0.15) is 36.2 Å². The van der Waals surface area contributed by atoms with Gasteiger partial charge in [-0.15, -0.1) is 5.10 Å². The first-order chi connectivity index (χ1) is 16.9. The van der Waals surface area contributed by atoms with E-state index in [4.69, 9.17) is 0 Å². The summed E-state index contributed by atoms with van der Waals surface area (Å²) in [5.74, 6) is -1.76. The standard InChI is InChI=1S/C22H19F2N9O2/c1-15(22(35,11-30-13-25-12-27-30)19-7-2-16(23)10-20(19)24)33-21(34)31(14-28-33)17-3-5-18(6-4-17)32-9-8-26-29-32/h2-10,12-15,35H,11H2,1H3. The van der Waals surface area contributed by atoms with Crippen LogP contribution < -0.4 is 5.69 Å². The van der Waals surface area contributed by atoms with Crippen molar-refractivity contribution in [2.75, 3.05) is 0 Å². The normalized spacial score (nSPS) is 14.1. The second-order valence-electron chi connectivity index (χ2n) is 7.91. The minimum atomic E-state index is -2.02. The van der Waals surface area contributed by atoms with Gasteiger partial charge in [-0.05, 0) is 37.3 Å².